The van der Waals surface area contributed by atoms with Crippen LogP contribution >= 0.6 is 7.82 Å². The topological polar surface area (TPSA) is 74.2 Å². The van der Waals surface area contributed by atoms with Crippen molar-refractivity contribution in [3.8, 4) is 11.5 Å². The summed E-state index contributed by atoms with van der Waals surface area (Å²) in [5, 5.41) is 0. The summed E-state index contributed by atoms with van der Waals surface area (Å²) in [5.74, 6) is 1.43. The van der Waals surface area contributed by atoms with Gasteiger partial charge < -0.3 is 14.4 Å². The minimum atomic E-state index is -4.26. The molecule has 0 bridgehead atoms. The highest BCUT2D eigenvalue weighted by molar-refractivity contribution is 7.47. The standard InChI is InChI=1S/C28H43O6P/c1-3-5-7-11-21-27(33-25-17-13-9-14-18-25)23-31-35(29,30)32-24-28(22-12-8-6-4-2)34-26-19-15-10-16-20-26/h9-10,13-20,27-28H,3-8,11-12,21-24H2,1-2H3,(H,29,30). The molecule has 0 radical (unpaired) electrons. The fraction of sp³-hybridized carbons (Fsp3) is 0.571. The van der Waals surface area contributed by atoms with E-state index < -0.39 is 7.82 Å². The van der Waals surface area contributed by atoms with Gasteiger partial charge in [-0.3, -0.25) is 9.05 Å². The Morgan fingerprint density at radius 2 is 1.06 bits per heavy atom. The Bertz CT molecular complexity index is 751. The van der Waals surface area contributed by atoms with E-state index in [-0.39, 0.29) is 25.4 Å². The molecule has 35 heavy (non-hydrogen) atoms. The molecule has 2 unspecified atom stereocenters. The summed E-state index contributed by atoms with van der Waals surface area (Å²) < 4.78 is 35.5. The maximum Gasteiger partial charge on any atom is 0.472 e. The van der Waals surface area contributed by atoms with Gasteiger partial charge in [0.15, 0.2) is 0 Å². The molecular weight excluding hydrogens is 463 g/mol. The van der Waals surface area contributed by atoms with E-state index in [1.165, 1.54) is 0 Å². The molecule has 0 aliphatic heterocycles. The number of phosphoric ester groups is 1. The molecule has 196 valence electrons. The van der Waals surface area contributed by atoms with Gasteiger partial charge in [-0.1, -0.05) is 88.8 Å². The quantitative estimate of drug-likeness (QED) is 0.145. The zero-order valence-electron chi connectivity index (χ0n) is 21.3. The van der Waals surface area contributed by atoms with E-state index in [2.05, 4.69) is 13.8 Å². The third-order valence-electron chi connectivity index (χ3n) is 5.70. The van der Waals surface area contributed by atoms with Gasteiger partial charge in [-0.25, -0.2) is 4.57 Å². The van der Waals surface area contributed by atoms with Crippen LogP contribution in [0.3, 0.4) is 0 Å². The molecular formula is C28H43O6P. The fourth-order valence-electron chi connectivity index (χ4n) is 3.73. The predicted octanol–water partition coefficient (Wildman–Crippen LogP) is 7.96. The van der Waals surface area contributed by atoms with Crippen molar-refractivity contribution in [2.45, 2.75) is 90.3 Å². The molecule has 0 saturated heterocycles. The smallest absolute Gasteiger partial charge is 0.472 e. The molecule has 0 aliphatic carbocycles. The summed E-state index contributed by atoms with van der Waals surface area (Å²) in [6, 6.07) is 18.9. The number of hydrogen-bond donors (Lipinski definition) is 1. The Balaban J connectivity index is 1.89. The normalized spacial score (nSPS) is 14.7. The van der Waals surface area contributed by atoms with Gasteiger partial charge in [-0.15, -0.1) is 0 Å². The maximum absolute atomic E-state index is 12.7. The van der Waals surface area contributed by atoms with Crippen LogP contribution in [0.15, 0.2) is 60.7 Å². The van der Waals surface area contributed by atoms with E-state index in [0.717, 1.165) is 64.2 Å². The van der Waals surface area contributed by atoms with Crippen molar-refractivity contribution >= 4 is 7.82 Å². The Morgan fingerprint density at radius 3 is 1.43 bits per heavy atom. The molecule has 0 aliphatic rings. The van der Waals surface area contributed by atoms with Gasteiger partial charge in [-0.2, -0.15) is 0 Å². The number of hydrogen-bond acceptors (Lipinski definition) is 5. The number of rotatable bonds is 20. The lowest BCUT2D eigenvalue weighted by Gasteiger charge is -2.23. The van der Waals surface area contributed by atoms with Crippen molar-refractivity contribution in [2.75, 3.05) is 13.2 Å². The maximum atomic E-state index is 12.7. The molecule has 6 nitrogen and oxygen atoms in total. The zero-order chi connectivity index (χ0) is 25.2. The van der Waals surface area contributed by atoms with Crippen LogP contribution in [0, 0.1) is 0 Å². The van der Waals surface area contributed by atoms with Gasteiger partial charge >= 0.3 is 7.82 Å². The highest BCUT2D eigenvalue weighted by Crippen LogP contribution is 2.44. The molecule has 7 heteroatoms. The second-order valence-electron chi connectivity index (χ2n) is 8.86. The van der Waals surface area contributed by atoms with Crippen molar-refractivity contribution in [2.24, 2.45) is 0 Å². The first-order valence-corrected chi connectivity index (χ1v) is 14.6. The lowest BCUT2D eigenvalue weighted by Crippen LogP contribution is -2.25. The van der Waals surface area contributed by atoms with Crippen LogP contribution in [-0.4, -0.2) is 30.3 Å². The van der Waals surface area contributed by atoms with Crippen LogP contribution in [0.2, 0.25) is 0 Å². The molecule has 0 amide bonds. The number of benzene rings is 2. The summed E-state index contributed by atoms with van der Waals surface area (Å²) in [7, 11) is -4.26. The Labute approximate surface area is 211 Å². The Kier molecular flexibility index (Phi) is 14.7. The average molecular weight is 507 g/mol. The van der Waals surface area contributed by atoms with E-state index in [4.69, 9.17) is 18.5 Å². The van der Waals surface area contributed by atoms with Gasteiger partial charge in [0.05, 0.1) is 13.2 Å². The number of ether oxygens (including phenoxy) is 2. The SMILES string of the molecule is CCCCCCC(COP(=O)(O)OCC(CCCCCC)Oc1ccccc1)Oc1ccccc1. The minimum absolute atomic E-state index is 0.0183. The monoisotopic (exact) mass is 506 g/mol. The fourth-order valence-corrected chi connectivity index (χ4v) is 4.51. The third kappa shape index (κ3) is 13.7. The van der Waals surface area contributed by atoms with Crippen molar-refractivity contribution in [1.82, 2.24) is 0 Å². The van der Waals surface area contributed by atoms with Gasteiger partial charge in [0, 0.05) is 0 Å². The van der Waals surface area contributed by atoms with Crippen molar-refractivity contribution < 1.29 is 28.0 Å². The van der Waals surface area contributed by atoms with Crippen molar-refractivity contribution in [3.63, 3.8) is 0 Å². The molecule has 0 aromatic heterocycles. The van der Waals surface area contributed by atoms with E-state index in [0.29, 0.717) is 11.5 Å². The summed E-state index contributed by atoms with van der Waals surface area (Å²) in [6.45, 7) is 4.29. The molecule has 0 spiro atoms. The zero-order valence-corrected chi connectivity index (χ0v) is 22.2. The molecule has 2 atom stereocenters. The highest BCUT2D eigenvalue weighted by Gasteiger charge is 2.26. The molecule has 0 heterocycles. The van der Waals surface area contributed by atoms with Crippen molar-refractivity contribution in [1.29, 1.82) is 0 Å². The van der Waals surface area contributed by atoms with E-state index in [1.807, 2.05) is 60.7 Å². The molecule has 2 aromatic carbocycles. The van der Waals surface area contributed by atoms with E-state index in [9.17, 15) is 9.46 Å². The molecule has 2 rings (SSSR count). The summed E-state index contributed by atoms with van der Waals surface area (Å²) in [5.41, 5.74) is 0. The van der Waals surface area contributed by atoms with Gasteiger partial charge in [-0.05, 0) is 49.9 Å². The Hall–Kier alpha value is -1.85. The third-order valence-corrected chi connectivity index (χ3v) is 6.65. The lowest BCUT2D eigenvalue weighted by molar-refractivity contribution is 0.0574. The van der Waals surface area contributed by atoms with Crippen LogP contribution < -0.4 is 9.47 Å². The second kappa shape index (κ2) is 17.6. The predicted molar refractivity (Wildman–Crippen MR) is 141 cm³/mol. The van der Waals surface area contributed by atoms with Gasteiger partial charge in [0.2, 0.25) is 0 Å². The molecule has 2 aromatic rings. The van der Waals surface area contributed by atoms with Crippen LogP contribution in [0.5, 0.6) is 11.5 Å². The van der Waals surface area contributed by atoms with E-state index >= 15 is 0 Å². The highest BCUT2D eigenvalue weighted by atomic mass is 31.2. The summed E-state index contributed by atoms with van der Waals surface area (Å²) >= 11 is 0. The van der Waals surface area contributed by atoms with Crippen molar-refractivity contribution in [3.05, 3.63) is 60.7 Å². The average Bonchev–Trinajstić information content (AvgIpc) is 2.87. The lowest BCUT2D eigenvalue weighted by atomic mass is 10.1. The summed E-state index contributed by atoms with van der Waals surface area (Å²) in [6.07, 6.45) is 9.54. The van der Waals surface area contributed by atoms with Crippen LogP contribution in [-0.2, 0) is 13.6 Å². The first kappa shape index (κ1) is 29.4. The number of phosphoric acid groups is 1. The van der Waals surface area contributed by atoms with Crippen LogP contribution in [0.1, 0.15) is 78.1 Å². The van der Waals surface area contributed by atoms with Gasteiger partial charge in [0.25, 0.3) is 0 Å². The molecule has 0 saturated carbocycles. The minimum Gasteiger partial charge on any atom is -0.488 e. The van der Waals surface area contributed by atoms with Gasteiger partial charge in [0.1, 0.15) is 23.7 Å². The summed E-state index contributed by atoms with van der Waals surface area (Å²) in [4.78, 5) is 10.4. The largest absolute Gasteiger partial charge is 0.488 e. The Morgan fingerprint density at radius 1 is 0.657 bits per heavy atom. The van der Waals surface area contributed by atoms with Crippen LogP contribution in [0.4, 0.5) is 0 Å². The van der Waals surface area contributed by atoms with E-state index in [1.54, 1.807) is 0 Å². The number of para-hydroxylation sites is 2. The first-order chi connectivity index (χ1) is 17.0. The first-order valence-electron chi connectivity index (χ1n) is 13.1. The molecule has 1 N–H and O–H groups in total. The second-order valence-corrected chi connectivity index (χ2v) is 10.3. The van der Waals surface area contributed by atoms with Crippen LogP contribution in [0.25, 0.3) is 0 Å². The molecule has 0 fully saturated rings. The number of unbranched alkanes of at least 4 members (excludes halogenated alkanes) is 6.